The van der Waals surface area contributed by atoms with Crippen molar-refractivity contribution < 1.29 is 57.8 Å². The standard InChI is InChI=1S/C10H3BF12O/c12-7(13,14)3-1-4(8(15,16)17)6(24)5(2-3)11(9(18,19)20)10(21,22)23/h1-2,24H. The summed E-state index contributed by atoms with van der Waals surface area (Å²) >= 11 is 0. The van der Waals surface area contributed by atoms with Crippen molar-refractivity contribution in [1.82, 2.24) is 0 Å². The zero-order valence-electron chi connectivity index (χ0n) is 10.7. The Kier molecular flexibility index (Phi) is 4.78. The molecule has 1 aromatic rings. The van der Waals surface area contributed by atoms with Crippen molar-refractivity contribution in [2.75, 3.05) is 0 Å². The largest absolute Gasteiger partial charge is 0.508 e. The molecule has 1 aromatic carbocycles. The smallest absolute Gasteiger partial charge is 0.436 e. The highest BCUT2D eigenvalue weighted by molar-refractivity contribution is 6.77. The molecule has 1 nitrogen and oxygen atoms in total. The van der Waals surface area contributed by atoms with Gasteiger partial charge in [-0.05, 0) is 11.5 Å². The number of phenols is 1. The maximum Gasteiger partial charge on any atom is 0.436 e. The Morgan fingerprint density at radius 3 is 1.38 bits per heavy atom. The first-order valence-corrected chi connectivity index (χ1v) is 5.51. The van der Waals surface area contributed by atoms with Crippen LogP contribution in [0.3, 0.4) is 0 Å². The lowest BCUT2D eigenvalue weighted by molar-refractivity contribution is -0.143. The second-order valence-electron chi connectivity index (χ2n) is 4.47. The number of benzene rings is 1. The van der Waals surface area contributed by atoms with E-state index in [9.17, 15) is 52.7 Å². The van der Waals surface area contributed by atoms with Crippen molar-refractivity contribution in [2.24, 2.45) is 0 Å². The molecular formula is C10H3BF12O. The molecule has 0 aliphatic rings. The van der Waals surface area contributed by atoms with Gasteiger partial charge in [-0.25, -0.2) is 0 Å². The summed E-state index contributed by atoms with van der Waals surface area (Å²) < 4.78 is 150. The minimum Gasteiger partial charge on any atom is -0.508 e. The first kappa shape index (κ1) is 20.3. The van der Waals surface area contributed by atoms with Crippen LogP contribution in [0.4, 0.5) is 52.7 Å². The quantitative estimate of drug-likeness (QED) is 0.570. The van der Waals surface area contributed by atoms with Crippen LogP contribution in [0.5, 0.6) is 5.75 Å². The summed E-state index contributed by atoms with van der Waals surface area (Å²) in [5.74, 6) is -2.57. The van der Waals surface area contributed by atoms with Crippen LogP contribution in [0.1, 0.15) is 11.1 Å². The second kappa shape index (κ2) is 5.65. The number of hydrogen-bond donors (Lipinski definition) is 1. The first-order valence-electron chi connectivity index (χ1n) is 5.51. The van der Waals surface area contributed by atoms with Gasteiger partial charge in [0.25, 0.3) is 0 Å². The van der Waals surface area contributed by atoms with E-state index in [0.29, 0.717) is 0 Å². The van der Waals surface area contributed by atoms with Crippen LogP contribution in [-0.2, 0) is 12.4 Å². The second-order valence-corrected chi connectivity index (χ2v) is 4.47. The number of alkyl halides is 12. The molecule has 0 bridgehead atoms. The van der Waals surface area contributed by atoms with E-state index in [4.69, 9.17) is 5.11 Å². The highest BCUT2D eigenvalue weighted by Gasteiger charge is 2.64. The van der Waals surface area contributed by atoms with Gasteiger partial charge in [0.1, 0.15) is 5.75 Å². The van der Waals surface area contributed by atoms with Gasteiger partial charge in [0, 0.05) is 0 Å². The molecule has 0 heterocycles. The van der Waals surface area contributed by atoms with Gasteiger partial charge in [0.15, 0.2) is 0 Å². The van der Waals surface area contributed by atoms with Crippen molar-refractivity contribution in [3.63, 3.8) is 0 Å². The average Bonchev–Trinajstić information content (AvgIpc) is 2.24. The van der Waals surface area contributed by atoms with Gasteiger partial charge in [-0.15, -0.1) is 0 Å². The molecular weight excluding hydrogens is 375 g/mol. The summed E-state index contributed by atoms with van der Waals surface area (Å²) in [6.07, 6.45) is -24.1. The number of rotatable bonds is 1. The number of hydrogen-bond acceptors (Lipinski definition) is 1. The van der Waals surface area contributed by atoms with Gasteiger partial charge < -0.3 is 5.11 Å². The third kappa shape index (κ3) is 4.20. The minimum absolute atomic E-state index is 0.775. The lowest BCUT2D eigenvalue weighted by atomic mass is 9.42. The van der Waals surface area contributed by atoms with Gasteiger partial charge in [0.2, 0.25) is 0 Å². The normalized spacial score (nSPS) is 14.0. The van der Waals surface area contributed by atoms with Crippen LogP contribution in [-0.4, -0.2) is 24.0 Å². The van der Waals surface area contributed by atoms with Crippen molar-refractivity contribution in [3.05, 3.63) is 23.3 Å². The first-order chi connectivity index (χ1) is 10.4. The van der Waals surface area contributed by atoms with Gasteiger partial charge in [-0.1, -0.05) is 6.07 Å². The third-order valence-corrected chi connectivity index (χ3v) is 2.74. The van der Waals surface area contributed by atoms with E-state index in [1.54, 1.807) is 0 Å². The predicted octanol–water partition coefficient (Wildman–Crippen LogP) is 4.33. The molecule has 24 heavy (non-hydrogen) atoms. The van der Waals surface area contributed by atoms with Crippen LogP contribution in [0, 0.1) is 0 Å². The van der Waals surface area contributed by atoms with Gasteiger partial charge in [-0.3, -0.25) is 0 Å². The fourth-order valence-electron chi connectivity index (χ4n) is 1.79. The molecule has 0 saturated carbocycles. The van der Waals surface area contributed by atoms with Crippen LogP contribution in [0.25, 0.3) is 0 Å². The summed E-state index contributed by atoms with van der Waals surface area (Å²) in [5.41, 5.74) is -7.66. The lowest BCUT2D eigenvalue weighted by Gasteiger charge is -2.23. The fraction of sp³-hybridized carbons (Fsp3) is 0.400. The molecule has 1 rings (SSSR count). The molecule has 0 aromatic heterocycles. The van der Waals surface area contributed by atoms with Crippen LogP contribution in [0.15, 0.2) is 12.1 Å². The van der Waals surface area contributed by atoms with Crippen molar-refractivity contribution in [2.45, 2.75) is 24.5 Å². The molecule has 136 valence electrons. The third-order valence-electron chi connectivity index (χ3n) is 2.74. The highest BCUT2D eigenvalue weighted by atomic mass is 19.4. The van der Waals surface area contributed by atoms with E-state index < -0.39 is 65.7 Å². The summed E-state index contributed by atoms with van der Waals surface area (Å²) in [5, 5.41) is 9.12. The summed E-state index contributed by atoms with van der Waals surface area (Å²) in [6.45, 7) is -4.73. The van der Waals surface area contributed by atoms with E-state index in [1.807, 2.05) is 0 Å². The van der Waals surface area contributed by atoms with Gasteiger partial charge >= 0.3 is 31.2 Å². The summed E-state index contributed by atoms with van der Waals surface area (Å²) in [7, 11) is 0. The van der Waals surface area contributed by atoms with Crippen molar-refractivity contribution in [3.8, 4) is 5.75 Å². The molecule has 0 amide bonds. The molecule has 0 radical (unpaired) electrons. The molecule has 0 aliphatic heterocycles. The highest BCUT2D eigenvalue weighted by Crippen LogP contribution is 2.41. The number of phenolic OH excluding ortho intramolecular Hbond substituents is 1. The van der Waals surface area contributed by atoms with Crippen LogP contribution >= 0.6 is 0 Å². The minimum atomic E-state index is -6.29. The zero-order chi connectivity index (χ0) is 19.3. The van der Waals surface area contributed by atoms with E-state index in [2.05, 4.69) is 0 Å². The summed E-state index contributed by atoms with van der Waals surface area (Å²) in [4.78, 5) is 0. The van der Waals surface area contributed by atoms with Crippen molar-refractivity contribution in [1.29, 1.82) is 0 Å². The van der Waals surface area contributed by atoms with Gasteiger partial charge in [-0.2, -0.15) is 52.7 Å². The topological polar surface area (TPSA) is 20.2 Å². The Morgan fingerprint density at radius 1 is 0.667 bits per heavy atom. The number of halogens is 12. The van der Waals surface area contributed by atoms with E-state index in [1.165, 1.54) is 0 Å². The van der Waals surface area contributed by atoms with E-state index in [-0.39, 0.29) is 0 Å². The zero-order valence-corrected chi connectivity index (χ0v) is 10.7. The molecule has 0 aliphatic carbocycles. The molecule has 0 unspecified atom stereocenters. The molecule has 0 saturated heterocycles. The molecule has 0 spiro atoms. The predicted molar refractivity (Wildman–Crippen MR) is 55.6 cm³/mol. The Bertz CT molecular complexity index is 594. The SMILES string of the molecule is Oc1c(B(C(F)(F)F)C(F)(F)F)cc(C(F)(F)F)cc1C(F)(F)F. The molecule has 1 N–H and O–H groups in total. The Labute approximate surface area is 124 Å². The fourth-order valence-corrected chi connectivity index (χ4v) is 1.79. The maximum atomic E-state index is 12.6. The van der Waals surface area contributed by atoms with Gasteiger partial charge in [0.05, 0.1) is 11.1 Å². The Hall–Kier alpha value is -1.76. The lowest BCUT2D eigenvalue weighted by Crippen LogP contribution is -2.56. The van der Waals surface area contributed by atoms with Crippen LogP contribution in [0.2, 0.25) is 0 Å². The molecule has 14 heteroatoms. The average molecular weight is 378 g/mol. The van der Waals surface area contributed by atoms with E-state index >= 15 is 0 Å². The molecule has 0 atom stereocenters. The van der Waals surface area contributed by atoms with E-state index in [0.717, 1.165) is 0 Å². The maximum absolute atomic E-state index is 12.6. The summed E-state index contributed by atoms with van der Waals surface area (Å²) in [6, 6.07) is -1.58. The van der Waals surface area contributed by atoms with Crippen LogP contribution < -0.4 is 5.46 Å². The molecule has 0 fully saturated rings. The van der Waals surface area contributed by atoms with Crippen molar-refractivity contribution >= 4 is 12.2 Å². The number of aromatic hydroxyl groups is 1. The Morgan fingerprint density at radius 2 is 1.08 bits per heavy atom. The Balaban J connectivity index is 3.86. The monoisotopic (exact) mass is 378 g/mol.